The second kappa shape index (κ2) is 6.61. The summed E-state index contributed by atoms with van der Waals surface area (Å²) in [5.74, 6) is 1.31. The van der Waals surface area contributed by atoms with E-state index in [0.717, 1.165) is 19.3 Å². The van der Waals surface area contributed by atoms with E-state index in [1.807, 2.05) is 0 Å². The van der Waals surface area contributed by atoms with E-state index in [0.29, 0.717) is 23.2 Å². The zero-order valence-electron chi connectivity index (χ0n) is 12.2. The molecule has 1 amide bonds. The van der Waals surface area contributed by atoms with Crippen LogP contribution in [0.2, 0.25) is 0 Å². The van der Waals surface area contributed by atoms with Crippen molar-refractivity contribution in [3.05, 3.63) is 18.2 Å². The number of nitrogens with one attached hydrogen (secondary N) is 2. The van der Waals surface area contributed by atoms with Crippen LogP contribution in [0.5, 0.6) is 11.5 Å². The summed E-state index contributed by atoms with van der Waals surface area (Å²) >= 11 is 0. The highest BCUT2D eigenvalue weighted by Gasteiger charge is 2.24. The van der Waals surface area contributed by atoms with Gasteiger partial charge in [-0.2, -0.15) is 0 Å². The first kappa shape index (κ1) is 14.7. The van der Waals surface area contributed by atoms with Gasteiger partial charge < -0.3 is 20.1 Å². The standard InChI is InChI=1S/C15H22N2O3/c1-10-5-4-6-14(16-10)15(18)17-11-7-12(19-2)9-13(8-11)20-3/h7-10,14,16H,4-6H2,1-3H3,(H,17,18). The average molecular weight is 278 g/mol. The van der Waals surface area contributed by atoms with E-state index in [4.69, 9.17) is 9.47 Å². The molecule has 1 aliphatic heterocycles. The van der Waals surface area contributed by atoms with Crippen LogP contribution < -0.4 is 20.1 Å². The van der Waals surface area contributed by atoms with Crippen LogP contribution in [-0.2, 0) is 4.79 Å². The Kier molecular flexibility index (Phi) is 4.84. The monoisotopic (exact) mass is 278 g/mol. The molecule has 0 aromatic heterocycles. The normalized spacial score (nSPS) is 22.1. The van der Waals surface area contributed by atoms with Crippen molar-refractivity contribution in [3.8, 4) is 11.5 Å². The fraction of sp³-hybridized carbons (Fsp3) is 0.533. The molecule has 110 valence electrons. The number of ether oxygens (including phenoxy) is 2. The first-order valence-corrected chi connectivity index (χ1v) is 6.92. The van der Waals surface area contributed by atoms with E-state index >= 15 is 0 Å². The lowest BCUT2D eigenvalue weighted by molar-refractivity contribution is -0.118. The molecule has 1 fully saturated rings. The van der Waals surface area contributed by atoms with Gasteiger partial charge in [0.25, 0.3) is 0 Å². The number of methoxy groups -OCH3 is 2. The topological polar surface area (TPSA) is 59.6 Å². The summed E-state index contributed by atoms with van der Waals surface area (Å²) in [5, 5.41) is 6.24. The van der Waals surface area contributed by atoms with Gasteiger partial charge in [0.2, 0.25) is 5.91 Å². The number of carbonyl (C=O) groups is 1. The third kappa shape index (κ3) is 3.63. The highest BCUT2D eigenvalue weighted by Crippen LogP contribution is 2.26. The van der Waals surface area contributed by atoms with Gasteiger partial charge >= 0.3 is 0 Å². The number of piperidine rings is 1. The maximum atomic E-state index is 12.3. The first-order valence-electron chi connectivity index (χ1n) is 6.92. The van der Waals surface area contributed by atoms with Crippen LogP contribution in [0.3, 0.4) is 0 Å². The molecule has 2 unspecified atom stereocenters. The summed E-state index contributed by atoms with van der Waals surface area (Å²) in [6.07, 6.45) is 3.07. The van der Waals surface area contributed by atoms with Crippen LogP contribution in [0.4, 0.5) is 5.69 Å². The Morgan fingerprint density at radius 2 is 1.85 bits per heavy atom. The van der Waals surface area contributed by atoms with Crippen molar-refractivity contribution >= 4 is 11.6 Å². The Bertz CT molecular complexity index is 454. The molecule has 2 rings (SSSR count). The molecule has 0 bridgehead atoms. The van der Waals surface area contributed by atoms with Gasteiger partial charge in [-0.25, -0.2) is 0 Å². The number of carbonyl (C=O) groups excluding carboxylic acids is 1. The predicted molar refractivity (Wildman–Crippen MR) is 78.4 cm³/mol. The highest BCUT2D eigenvalue weighted by molar-refractivity contribution is 5.95. The molecule has 1 aromatic carbocycles. The van der Waals surface area contributed by atoms with Gasteiger partial charge in [-0.1, -0.05) is 0 Å². The molecule has 1 aromatic rings. The Hall–Kier alpha value is -1.75. The summed E-state index contributed by atoms with van der Waals surface area (Å²) in [4.78, 5) is 12.3. The first-order chi connectivity index (χ1) is 9.62. The maximum absolute atomic E-state index is 12.3. The van der Waals surface area contributed by atoms with E-state index < -0.39 is 0 Å². The van der Waals surface area contributed by atoms with Gasteiger partial charge in [0, 0.05) is 29.9 Å². The molecule has 1 saturated heterocycles. The summed E-state index contributed by atoms with van der Waals surface area (Å²) < 4.78 is 10.4. The van der Waals surface area contributed by atoms with Crippen LogP contribution >= 0.6 is 0 Å². The molecule has 0 spiro atoms. The minimum absolute atomic E-state index is 0.00754. The smallest absolute Gasteiger partial charge is 0.241 e. The molecule has 5 heteroatoms. The van der Waals surface area contributed by atoms with Crippen LogP contribution in [0.1, 0.15) is 26.2 Å². The molecule has 20 heavy (non-hydrogen) atoms. The van der Waals surface area contributed by atoms with Gasteiger partial charge in [0.15, 0.2) is 0 Å². The Morgan fingerprint density at radius 1 is 1.20 bits per heavy atom. The zero-order chi connectivity index (χ0) is 14.5. The fourth-order valence-electron chi connectivity index (χ4n) is 2.45. The third-order valence-corrected chi connectivity index (χ3v) is 3.55. The predicted octanol–water partition coefficient (Wildman–Crippen LogP) is 2.17. The van der Waals surface area contributed by atoms with Gasteiger partial charge in [-0.05, 0) is 26.2 Å². The van der Waals surface area contributed by atoms with Crippen LogP contribution in [0.25, 0.3) is 0 Å². The van der Waals surface area contributed by atoms with E-state index in [9.17, 15) is 4.79 Å². The van der Waals surface area contributed by atoms with E-state index in [1.165, 1.54) is 0 Å². The van der Waals surface area contributed by atoms with Crippen molar-refractivity contribution < 1.29 is 14.3 Å². The minimum Gasteiger partial charge on any atom is -0.497 e. The fourth-order valence-corrected chi connectivity index (χ4v) is 2.45. The van der Waals surface area contributed by atoms with Crippen molar-refractivity contribution in [2.45, 2.75) is 38.3 Å². The molecule has 0 saturated carbocycles. The zero-order valence-corrected chi connectivity index (χ0v) is 12.2. The second-order valence-corrected chi connectivity index (χ2v) is 5.14. The molecule has 2 atom stereocenters. The summed E-state index contributed by atoms with van der Waals surface area (Å²) in [7, 11) is 3.18. The molecule has 2 N–H and O–H groups in total. The Labute approximate surface area is 119 Å². The van der Waals surface area contributed by atoms with Crippen LogP contribution in [-0.4, -0.2) is 32.2 Å². The molecule has 0 radical (unpaired) electrons. The lowest BCUT2D eigenvalue weighted by atomic mass is 9.99. The molecule has 0 aliphatic carbocycles. The number of rotatable bonds is 4. The lowest BCUT2D eigenvalue weighted by Crippen LogP contribution is -2.47. The molecular weight excluding hydrogens is 256 g/mol. The van der Waals surface area contributed by atoms with E-state index in [-0.39, 0.29) is 11.9 Å². The minimum atomic E-state index is -0.129. The molecule has 1 heterocycles. The van der Waals surface area contributed by atoms with Gasteiger partial charge in [-0.15, -0.1) is 0 Å². The second-order valence-electron chi connectivity index (χ2n) is 5.14. The van der Waals surface area contributed by atoms with Crippen LogP contribution in [0, 0.1) is 0 Å². The lowest BCUT2D eigenvalue weighted by Gasteiger charge is -2.27. The van der Waals surface area contributed by atoms with Gasteiger partial charge in [-0.3, -0.25) is 4.79 Å². The van der Waals surface area contributed by atoms with Gasteiger partial charge in [0.05, 0.1) is 20.3 Å². The van der Waals surface area contributed by atoms with Crippen molar-refractivity contribution in [1.29, 1.82) is 0 Å². The quantitative estimate of drug-likeness (QED) is 0.886. The number of amides is 1. The highest BCUT2D eigenvalue weighted by atomic mass is 16.5. The SMILES string of the molecule is COc1cc(NC(=O)C2CCCC(C)N2)cc(OC)c1. The summed E-state index contributed by atoms with van der Waals surface area (Å²) in [5.41, 5.74) is 0.686. The third-order valence-electron chi connectivity index (χ3n) is 3.55. The van der Waals surface area contributed by atoms with Gasteiger partial charge in [0.1, 0.15) is 11.5 Å². The van der Waals surface area contributed by atoms with Crippen molar-refractivity contribution in [2.75, 3.05) is 19.5 Å². The largest absolute Gasteiger partial charge is 0.497 e. The molecule has 1 aliphatic rings. The maximum Gasteiger partial charge on any atom is 0.241 e. The Balaban J connectivity index is 2.06. The number of benzene rings is 1. The van der Waals surface area contributed by atoms with Crippen LogP contribution in [0.15, 0.2) is 18.2 Å². The Morgan fingerprint density at radius 3 is 2.40 bits per heavy atom. The number of hydrogen-bond acceptors (Lipinski definition) is 4. The number of anilines is 1. The summed E-state index contributed by atoms with van der Waals surface area (Å²) in [6, 6.07) is 5.60. The van der Waals surface area contributed by atoms with E-state index in [2.05, 4.69) is 17.6 Å². The number of hydrogen-bond donors (Lipinski definition) is 2. The van der Waals surface area contributed by atoms with E-state index in [1.54, 1.807) is 32.4 Å². The van der Waals surface area contributed by atoms with Crippen molar-refractivity contribution in [3.63, 3.8) is 0 Å². The summed E-state index contributed by atoms with van der Waals surface area (Å²) in [6.45, 7) is 2.11. The van der Waals surface area contributed by atoms with Crippen molar-refractivity contribution in [2.24, 2.45) is 0 Å². The average Bonchev–Trinajstić information content (AvgIpc) is 2.46. The van der Waals surface area contributed by atoms with Crippen molar-refractivity contribution in [1.82, 2.24) is 5.32 Å². The molecular formula is C15H22N2O3. The molecule has 5 nitrogen and oxygen atoms in total.